The Morgan fingerprint density at radius 1 is 1.29 bits per heavy atom. The second-order valence-electron chi connectivity index (χ2n) is 4.26. The standard InChI is InChI=1S/C10H20F2N2/c1-9(2)10(11,12)3-6-14-7-4-13-5-8-14/h9,13H,3-8H2,1-2H3. The number of hydrogen-bond donors (Lipinski definition) is 1. The van der Waals surface area contributed by atoms with Crippen molar-refractivity contribution >= 4 is 0 Å². The molecule has 0 atom stereocenters. The highest BCUT2D eigenvalue weighted by atomic mass is 19.3. The Bertz CT molecular complexity index is 166. The molecule has 14 heavy (non-hydrogen) atoms. The molecular formula is C10H20F2N2. The summed E-state index contributed by atoms with van der Waals surface area (Å²) in [6.07, 6.45) is -0.00926. The van der Waals surface area contributed by atoms with Gasteiger partial charge in [-0.25, -0.2) is 8.78 Å². The van der Waals surface area contributed by atoms with Crippen molar-refractivity contribution in [2.24, 2.45) is 5.92 Å². The van der Waals surface area contributed by atoms with Gasteiger partial charge in [-0.05, 0) is 0 Å². The first-order valence-electron chi connectivity index (χ1n) is 5.33. The van der Waals surface area contributed by atoms with Crippen LogP contribution in [0.5, 0.6) is 0 Å². The maximum absolute atomic E-state index is 13.3. The maximum Gasteiger partial charge on any atom is 0.251 e. The van der Waals surface area contributed by atoms with Crippen LogP contribution in [0.4, 0.5) is 8.78 Å². The SMILES string of the molecule is CC(C)C(F)(F)CCN1CCNCC1. The van der Waals surface area contributed by atoms with Crippen LogP contribution >= 0.6 is 0 Å². The van der Waals surface area contributed by atoms with Crippen molar-refractivity contribution in [3.63, 3.8) is 0 Å². The monoisotopic (exact) mass is 206 g/mol. The van der Waals surface area contributed by atoms with Crippen LogP contribution in [0.3, 0.4) is 0 Å². The van der Waals surface area contributed by atoms with E-state index in [9.17, 15) is 8.78 Å². The minimum absolute atomic E-state index is 0.00926. The first kappa shape index (κ1) is 11.9. The average molecular weight is 206 g/mol. The third-order valence-corrected chi connectivity index (χ3v) is 2.82. The van der Waals surface area contributed by atoms with Gasteiger partial charge in [-0.2, -0.15) is 0 Å². The molecule has 1 aliphatic rings. The van der Waals surface area contributed by atoms with Crippen molar-refractivity contribution in [2.45, 2.75) is 26.2 Å². The van der Waals surface area contributed by atoms with Crippen LogP contribution in [0.1, 0.15) is 20.3 Å². The largest absolute Gasteiger partial charge is 0.314 e. The normalized spacial score (nSPS) is 20.4. The lowest BCUT2D eigenvalue weighted by Gasteiger charge is -2.29. The molecule has 0 radical (unpaired) electrons. The molecule has 1 aliphatic heterocycles. The second kappa shape index (κ2) is 5.03. The molecule has 1 N–H and O–H groups in total. The molecule has 0 spiro atoms. The van der Waals surface area contributed by atoms with Gasteiger partial charge in [0.1, 0.15) is 0 Å². The molecule has 1 saturated heterocycles. The van der Waals surface area contributed by atoms with Crippen LogP contribution in [0.25, 0.3) is 0 Å². The quantitative estimate of drug-likeness (QED) is 0.751. The maximum atomic E-state index is 13.3. The zero-order valence-electron chi connectivity index (χ0n) is 9.02. The van der Waals surface area contributed by atoms with Crippen molar-refractivity contribution in [1.29, 1.82) is 0 Å². The van der Waals surface area contributed by atoms with Crippen molar-refractivity contribution in [2.75, 3.05) is 32.7 Å². The fourth-order valence-electron chi connectivity index (χ4n) is 1.53. The van der Waals surface area contributed by atoms with Gasteiger partial charge in [0.2, 0.25) is 0 Å². The summed E-state index contributed by atoms with van der Waals surface area (Å²) in [5.74, 6) is -3.06. The molecule has 1 rings (SSSR count). The Morgan fingerprint density at radius 2 is 1.86 bits per heavy atom. The molecule has 0 saturated carbocycles. The highest BCUT2D eigenvalue weighted by Crippen LogP contribution is 2.27. The van der Waals surface area contributed by atoms with E-state index in [0.717, 1.165) is 26.2 Å². The topological polar surface area (TPSA) is 15.3 Å². The van der Waals surface area contributed by atoms with Crippen LogP contribution in [-0.2, 0) is 0 Å². The summed E-state index contributed by atoms with van der Waals surface area (Å²) >= 11 is 0. The summed E-state index contributed by atoms with van der Waals surface area (Å²) in [5, 5.41) is 3.21. The molecule has 1 heterocycles. The van der Waals surface area contributed by atoms with Crippen LogP contribution in [0.15, 0.2) is 0 Å². The predicted octanol–water partition coefficient (Wildman–Crippen LogP) is 1.57. The van der Waals surface area contributed by atoms with Crippen LogP contribution in [0, 0.1) is 5.92 Å². The third-order valence-electron chi connectivity index (χ3n) is 2.82. The first-order valence-corrected chi connectivity index (χ1v) is 5.33. The van der Waals surface area contributed by atoms with E-state index in [4.69, 9.17) is 0 Å². The van der Waals surface area contributed by atoms with Gasteiger partial charge in [0.05, 0.1) is 0 Å². The van der Waals surface area contributed by atoms with E-state index in [1.807, 2.05) is 0 Å². The summed E-state index contributed by atoms with van der Waals surface area (Å²) in [6, 6.07) is 0. The van der Waals surface area contributed by atoms with E-state index in [-0.39, 0.29) is 6.42 Å². The number of rotatable bonds is 4. The van der Waals surface area contributed by atoms with Crippen LogP contribution in [0.2, 0.25) is 0 Å². The molecule has 0 aromatic rings. The summed E-state index contributed by atoms with van der Waals surface area (Å²) in [7, 11) is 0. The number of alkyl halides is 2. The summed E-state index contributed by atoms with van der Waals surface area (Å²) in [4.78, 5) is 2.10. The van der Waals surface area contributed by atoms with E-state index < -0.39 is 11.8 Å². The van der Waals surface area contributed by atoms with Gasteiger partial charge in [-0.1, -0.05) is 13.8 Å². The first-order chi connectivity index (χ1) is 6.52. The molecule has 0 bridgehead atoms. The molecule has 0 unspecified atom stereocenters. The van der Waals surface area contributed by atoms with Gasteiger partial charge >= 0.3 is 0 Å². The Morgan fingerprint density at radius 3 is 2.36 bits per heavy atom. The smallest absolute Gasteiger partial charge is 0.251 e. The van der Waals surface area contributed by atoms with Crippen molar-refractivity contribution in [3.05, 3.63) is 0 Å². The molecule has 84 valence electrons. The average Bonchev–Trinajstić information content (AvgIpc) is 2.16. The zero-order valence-corrected chi connectivity index (χ0v) is 9.02. The third kappa shape index (κ3) is 3.50. The number of hydrogen-bond acceptors (Lipinski definition) is 2. The van der Waals surface area contributed by atoms with Crippen LogP contribution in [-0.4, -0.2) is 43.5 Å². The minimum atomic E-state index is -2.51. The Kier molecular flexibility index (Phi) is 4.26. The molecule has 2 nitrogen and oxygen atoms in total. The molecule has 0 aliphatic carbocycles. The Labute approximate surface area is 84.7 Å². The van der Waals surface area contributed by atoms with Crippen molar-refractivity contribution < 1.29 is 8.78 Å². The molecule has 4 heteroatoms. The highest BCUT2D eigenvalue weighted by molar-refractivity contribution is 4.75. The second-order valence-corrected chi connectivity index (χ2v) is 4.26. The van der Waals surface area contributed by atoms with Crippen LogP contribution < -0.4 is 5.32 Å². The lowest BCUT2D eigenvalue weighted by molar-refractivity contribution is -0.0587. The summed E-state index contributed by atoms with van der Waals surface area (Å²) in [5.41, 5.74) is 0. The minimum Gasteiger partial charge on any atom is -0.314 e. The lowest BCUT2D eigenvalue weighted by Crippen LogP contribution is -2.45. The lowest BCUT2D eigenvalue weighted by atomic mass is 10.0. The molecule has 1 fully saturated rings. The highest BCUT2D eigenvalue weighted by Gasteiger charge is 2.33. The van der Waals surface area contributed by atoms with Gasteiger partial charge in [0.25, 0.3) is 5.92 Å². The summed E-state index contributed by atoms with van der Waals surface area (Å²) < 4.78 is 26.5. The van der Waals surface area contributed by atoms with Gasteiger partial charge < -0.3 is 10.2 Å². The number of halogens is 2. The van der Waals surface area contributed by atoms with Gasteiger partial charge in [-0.15, -0.1) is 0 Å². The molecule has 0 aromatic carbocycles. The zero-order chi connectivity index (χ0) is 10.6. The number of nitrogens with one attached hydrogen (secondary N) is 1. The summed E-state index contributed by atoms with van der Waals surface area (Å²) in [6.45, 7) is 7.32. The van der Waals surface area contributed by atoms with Crippen molar-refractivity contribution in [1.82, 2.24) is 10.2 Å². The van der Waals surface area contributed by atoms with E-state index >= 15 is 0 Å². The Balaban J connectivity index is 2.24. The fourth-order valence-corrected chi connectivity index (χ4v) is 1.53. The number of piperazine rings is 1. The van der Waals surface area contributed by atoms with Crippen molar-refractivity contribution in [3.8, 4) is 0 Å². The van der Waals surface area contributed by atoms with E-state index in [1.54, 1.807) is 13.8 Å². The molecular weight excluding hydrogens is 186 g/mol. The van der Waals surface area contributed by atoms with E-state index in [0.29, 0.717) is 6.54 Å². The fraction of sp³-hybridized carbons (Fsp3) is 1.00. The predicted molar refractivity (Wildman–Crippen MR) is 53.7 cm³/mol. The van der Waals surface area contributed by atoms with Gasteiger partial charge in [0, 0.05) is 45.1 Å². The molecule has 0 amide bonds. The van der Waals surface area contributed by atoms with Gasteiger partial charge in [0.15, 0.2) is 0 Å². The number of nitrogens with zero attached hydrogens (tertiary/aromatic N) is 1. The Hall–Kier alpha value is -0.220. The van der Waals surface area contributed by atoms with E-state index in [2.05, 4.69) is 10.2 Å². The van der Waals surface area contributed by atoms with E-state index in [1.165, 1.54) is 0 Å². The van der Waals surface area contributed by atoms with Gasteiger partial charge in [-0.3, -0.25) is 0 Å². The molecule has 0 aromatic heterocycles.